The Morgan fingerprint density at radius 1 is 0.931 bits per heavy atom. The molecule has 1 saturated heterocycles. The van der Waals surface area contributed by atoms with Gasteiger partial charge in [0.05, 0.1) is 11.4 Å². The second kappa shape index (κ2) is 7.29. The molecular formula is C23H23N5O. The molecule has 1 amide bonds. The number of aromatic nitrogens is 2. The minimum atomic E-state index is -0.509. The first-order chi connectivity index (χ1) is 14.2. The van der Waals surface area contributed by atoms with E-state index in [0.717, 1.165) is 55.2 Å². The fourth-order valence-corrected chi connectivity index (χ4v) is 4.22. The minimum absolute atomic E-state index is 0.0825. The molecule has 3 aromatic rings. The van der Waals surface area contributed by atoms with Gasteiger partial charge in [-0.25, -0.2) is 9.97 Å². The Labute approximate surface area is 170 Å². The normalized spacial score (nSPS) is 18.0. The maximum Gasteiger partial charge on any atom is 0.250 e. The highest BCUT2D eigenvalue weighted by molar-refractivity contribution is 6.06. The lowest BCUT2D eigenvalue weighted by molar-refractivity contribution is -0.122. The van der Waals surface area contributed by atoms with Crippen LogP contribution < -0.4 is 10.6 Å². The van der Waals surface area contributed by atoms with Gasteiger partial charge >= 0.3 is 0 Å². The van der Waals surface area contributed by atoms with Crippen LogP contribution in [0.4, 0.5) is 11.4 Å². The summed E-state index contributed by atoms with van der Waals surface area (Å²) in [5.74, 6) is 0.827. The Bertz CT molecular complexity index is 1030. The van der Waals surface area contributed by atoms with Gasteiger partial charge in [-0.3, -0.25) is 9.69 Å². The first kappa shape index (κ1) is 17.8. The van der Waals surface area contributed by atoms with Crippen molar-refractivity contribution in [1.29, 1.82) is 0 Å². The molecule has 2 aromatic carbocycles. The highest BCUT2D eigenvalue weighted by atomic mass is 16.2. The van der Waals surface area contributed by atoms with Gasteiger partial charge in [0.1, 0.15) is 5.54 Å². The molecule has 146 valence electrons. The summed E-state index contributed by atoms with van der Waals surface area (Å²) < 4.78 is 0. The van der Waals surface area contributed by atoms with E-state index in [1.165, 1.54) is 5.56 Å². The van der Waals surface area contributed by atoms with E-state index in [0.29, 0.717) is 0 Å². The maximum absolute atomic E-state index is 12.8. The number of carbonyl (C=O) groups is 1. The molecule has 5 rings (SSSR count). The Balaban J connectivity index is 1.27. The predicted octanol–water partition coefficient (Wildman–Crippen LogP) is 3.54. The standard InChI is InChI=1S/C23H23N5O/c29-22-23(27-20-8-2-1-7-19(20)26-22)9-13-28(14-10-23)16-17-5-3-6-18(15-17)21-24-11-4-12-25-21/h1-8,11-12,15,27H,9-10,13-14,16H2,(H,26,29). The molecule has 6 heteroatoms. The first-order valence-electron chi connectivity index (χ1n) is 9.99. The number of para-hydroxylation sites is 2. The van der Waals surface area contributed by atoms with Crippen LogP contribution in [0.1, 0.15) is 18.4 Å². The molecule has 29 heavy (non-hydrogen) atoms. The Hall–Kier alpha value is -3.25. The van der Waals surface area contributed by atoms with Crippen LogP contribution in [-0.2, 0) is 11.3 Å². The Morgan fingerprint density at radius 3 is 2.48 bits per heavy atom. The first-order valence-corrected chi connectivity index (χ1v) is 9.99. The van der Waals surface area contributed by atoms with Gasteiger partial charge in [-0.2, -0.15) is 0 Å². The van der Waals surface area contributed by atoms with Crippen molar-refractivity contribution in [3.63, 3.8) is 0 Å². The molecular weight excluding hydrogens is 362 g/mol. The summed E-state index contributed by atoms with van der Waals surface area (Å²) in [5, 5.41) is 6.60. The molecule has 2 N–H and O–H groups in total. The van der Waals surface area contributed by atoms with Gasteiger partial charge in [0.2, 0.25) is 5.91 Å². The zero-order valence-corrected chi connectivity index (χ0v) is 16.1. The number of benzene rings is 2. The van der Waals surface area contributed by atoms with E-state index in [9.17, 15) is 4.79 Å². The van der Waals surface area contributed by atoms with Crippen LogP contribution in [0.2, 0.25) is 0 Å². The van der Waals surface area contributed by atoms with Crippen LogP contribution in [0.5, 0.6) is 0 Å². The van der Waals surface area contributed by atoms with E-state index in [1.807, 2.05) is 36.4 Å². The number of amides is 1. The highest BCUT2D eigenvalue weighted by Crippen LogP contribution is 2.36. The van der Waals surface area contributed by atoms with Crippen molar-refractivity contribution in [1.82, 2.24) is 14.9 Å². The zero-order chi connectivity index (χ0) is 19.7. The zero-order valence-electron chi connectivity index (χ0n) is 16.1. The topological polar surface area (TPSA) is 70.2 Å². The summed E-state index contributed by atoms with van der Waals surface area (Å²) in [6.45, 7) is 2.60. The van der Waals surface area contributed by atoms with Crippen molar-refractivity contribution in [2.24, 2.45) is 0 Å². The molecule has 0 saturated carbocycles. The summed E-state index contributed by atoms with van der Waals surface area (Å²) in [7, 11) is 0. The molecule has 1 fully saturated rings. The van der Waals surface area contributed by atoms with Crippen molar-refractivity contribution in [3.05, 3.63) is 72.6 Å². The summed E-state index contributed by atoms with van der Waals surface area (Å²) in [6, 6.07) is 18.1. The number of carbonyl (C=O) groups excluding carboxylic acids is 1. The molecule has 0 unspecified atom stereocenters. The van der Waals surface area contributed by atoms with Crippen LogP contribution in [0.15, 0.2) is 67.0 Å². The number of nitrogens with zero attached hydrogens (tertiary/aromatic N) is 3. The lowest BCUT2D eigenvalue weighted by Crippen LogP contribution is -2.58. The van der Waals surface area contributed by atoms with E-state index >= 15 is 0 Å². The molecule has 2 aliphatic rings. The molecule has 1 spiro atoms. The van der Waals surface area contributed by atoms with E-state index in [4.69, 9.17) is 0 Å². The number of rotatable bonds is 3. The van der Waals surface area contributed by atoms with E-state index in [2.05, 4.69) is 43.7 Å². The number of piperidine rings is 1. The van der Waals surface area contributed by atoms with Crippen molar-refractivity contribution < 1.29 is 4.79 Å². The lowest BCUT2D eigenvalue weighted by Gasteiger charge is -2.44. The average molecular weight is 385 g/mol. The average Bonchev–Trinajstić information content (AvgIpc) is 2.77. The number of hydrogen-bond donors (Lipinski definition) is 2. The third-order valence-corrected chi connectivity index (χ3v) is 5.85. The molecule has 6 nitrogen and oxygen atoms in total. The van der Waals surface area contributed by atoms with Crippen molar-refractivity contribution >= 4 is 17.3 Å². The molecule has 1 aromatic heterocycles. The van der Waals surface area contributed by atoms with E-state index in [1.54, 1.807) is 12.4 Å². The van der Waals surface area contributed by atoms with E-state index in [-0.39, 0.29) is 5.91 Å². The Kier molecular flexibility index (Phi) is 4.48. The Morgan fingerprint density at radius 2 is 1.69 bits per heavy atom. The molecule has 2 aliphatic heterocycles. The molecule has 0 aliphatic carbocycles. The number of likely N-dealkylation sites (tertiary alicyclic amines) is 1. The highest BCUT2D eigenvalue weighted by Gasteiger charge is 2.44. The van der Waals surface area contributed by atoms with Gasteiger partial charge in [-0.15, -0.1) is 0 Å². The number of hydrogen-bond acceptors (Lipinski definition) is 5. The largest absolute Gasteiger partial charge is 0.369 e. The number of anilines is 2. The third kappa shape index (κ3) is 3.47. The van der Waals surface area contributed by atoms with E-state index < -0.39 is 5.54 Å². The fraction of sp³-hybridized carbons (Fsp3) is 0.261. The van der Waals surface area contributed by atoms with Gasteiger partial charge in [-0.1, -0.05) is 30.3 Å². The van der Waals surface area contributed by atoms with Gasteiger partial charge in [0, 0.05) is 37.6 Å². The number of nitrogens with one attached hydrogen (secondary N) is 2. The van der Waals surface area contributed by atoms with Gasteiger partial charge in [-0.05, 0) is 42.7 Å². The number of fused-ring (bicyclic) bond motifs is 1. The van der Waals surface area contributed by atoms with Crippen LogP contribution in [0.3, 0.4) is 0 Å². The van der Waals surface area contributed by atoms with Gasteiger partial charge in [0.25, 0.3) is 0 Å². The van der Waals surface area contributed by atoms with Crippen molar-refractivity contribution in [3.8, 4) is 11.4 Å². The SMILES string of the molecule is O=C1Nc2ccccc2NC12CCN(Cc1cccc(-c3ncccn3)c1)CC2. The van der Waals surface area contributed by atoms with Crippen LogP contribution >= 0.6 is 0 Å². The third-order valence-electron chi connectivity index (χ3n) is 5.85. The molecule has 3 heterocycles. The van der Waals surface area contributed by atoms with Crippen LogP contribution in [0, 0.1) is 0 Å². The molecule has 0 radical (unpaired) electrons. The lowest BCUT2D eigenvalue weighted by atomic mass is 9.84. The quantitative estimate of drug-likeness (QED) is 0.722. The molecule has 0 atom stereocenters. The van der Waals surface area contributed by atoms with Gasteiger partial charge in [0.15, 0.2) is 5.82 Å². The van der Waals surface area contributed by atoms with Crippen molar-refractivity contribution in [2.75, 3.05) is 23.7 Å². The van der Waals surface area contributed by atoms with Crippen LogP contribution in [-0.4, -0.2) is 39.4 Å². The predicted molar refractivity (Wildman–Crippen MR) is 113 cm³/mol. The van der Waals surface area contributed by atoms with Gasteiger partial charge < -0.3 is 10.6 Å². The maximum atomic E-state index is 12.8. The molecule has 0 bridgehead atoms. The fourth-order valence-electron chi connectivity index (χ4n) is 4.22. The monoisotopic (exact) mass is 385 g/mol. The summed E-state index contributed by atoms with van der Waals surface area (Å²) in [5.41, 5.74) is 3.63. The summed E-state index contributed by atoms with van der Waals surface area (Å²) in [4.78, 5) is 23.9. The summed E-state index contributed by atoms with van der Waals surface area (Å²) >= 11 is 0. The summed E-state index contributed by atoms with van der Waals surface area (Å²) in [6.07, 6.45) is 5.10. The smallest absolute Gasteiger partial charge is 0.250 e. The van der Waals surface area contributed by atoms with Crippen LogP contribution in [0.25, 0.3) is 11.4 Å². The van der Waals surface area contributed by atoms with Crippen molar-refractivity contribution in [2.45, 2.75) is 24.9 Å². The second-order valence-electron chi connectivity index (χ2n) is 7.76. The second-order valence-corrected chi connectivity index (χ2v) is 7.76. The minimum Gasteiger partial charge on any atom is -0.369 e.